The maximum atomic E-state index is 12.6. The lowest BCUT2D eigenvalue weighted by Gasteiger charge is -2.10. The number of carbonyl (C=O) groups is 1. The third-order valence-electron chi connectivity index (χ3n) is 5.69. The number of nitriles is 1. The van der Waals surface area contributed by atoms with E-state index in [1.54, 1.807) is 24.3 Å². The molecule has 0 spiro atoms. The molecule has 6 nitrogen and oxygen atoms in total. The van der Waals surface area contributed by atoms with Crippen LogP contribution in [0.5, 0.6) is 11.5 Å². The fraction of sp³-hybridized carbons (Fsp3) is 0.379. The summed E-state index contributed by atoms with van der Waals surface area (Å²) in [6.07, 6.45) is 12.6. The normalized spacial score (nSPS) is 10.5. The molecule has 182 valence electrons. The molecule has 0 unspecified atom stereocenters. The molecular weight excluding hydrogens is 438 g/mol. The molecule has 0 saturated heterocycles. The fourth-order valence-corrected chi connectivity index (χ4v) is 3.63. The van der Waals surface area contributed by atoms with Crippen LogP contribution in [0.25, 0.3) is 11.4 Å². The second-order valence-electron chi connectivity index (χ2n) is 8.52. The SMILES string of the molecule is CCCCCCOc1ccc(C(=O)Oc2ccc(-c3ncc(CCCCC)cn3)cc2)cc1C#N. The first kappa shape index (κ1) is 25.9. The molecule has 2 aromatic carbocycles. The average Bonchev–Trinajstić information content (AvgIpc) is 2.89. The highest BCUT2D eigenvalue weighted by Gasteiger charge is 2.13. The standard InChI is InChI=1S/C29H33N3O3/c1-3-5-7-9-17-34-27-16-13-24(18-25(27)19-30)29(33)35-26-14-11-23(12-15-26)28-31-20-22(21-32-28)10-8-6-4-2/h11-16,18,20-21H,3-10,17H2,1-2H3. The van der Waals surface area contributed by atoms with Gasteiger partial charge in [-0.3, -0.25) is 0 Å². The maximum absolute atomic E-state index is 12.6. The first-order chi connectivity index (χ1) is 17.1. The Balaban J connectivity index is 1.58. The summed E-state index contributed by atoms with van der Waals surface area (Å²) >= 11 is 0. The zero-order valence-corrected chi connectivity index (χ0v) is 20.6. The molecule has 0 radical (unpaired) electrons. The molecule has 0 aliphatic carbocycles. The number of carbonyl (C=O) groups excluding carboxylic acids is 1. The third-order valence-corrected chi connectivity index (χ3v) is 5.69. The number of aryl methyl sites for hydroxylation is 1. The van der Waals surface area contributed by atoms with Gasteiger partial charge in [-0.15, -0.1) is 0 Å². The van der Waals surface area contributed by atoms with Crippen LogP contribution in [0, 0.1) is 11.3 Å². The Kier molecular flexibility index (Phi) is 10.3. The summed E-state index contributed by atoms with van der Waals surface area (Å²) in [5.74, 6) is 0.994. The van der Waals surface area contributed by atoms with Crippen molar-refractivity contribution in [3.63, 3.8) is 0 Å². The lowest BCUT2D eigenvalue weighted by Crippen LogP contribution is -2.09. The van der Waals surface area contributed by atoms with Crippen LogP contribution in [0.2, 0.25) is 0 Å². The van der Waals surface area contributed by atoms with Crippen molar-refractivity contribution >= 4 is 5.97 Å². The quantitative estimate of drug-likeness (QED) is 0.153. The molecule has 0 saturated carbocycles. The van der Waals surface area contributed by atoms with E-state index in [1.807, 2.05) is 24.5 Å². The van der Waals surface area contributed by atoms with Crippen LogP contribution < -0.4 is 9.47 Å². The smallest absolute Gasteiger partial charge is 0.343 e. The van der Waals surface area contributed by atoms with E-state index in [-0.39, 0.29) is 0 Å². The number of ether oxygens (including phenoxy) is 2. The number of rotatable bonds is 13. The van der Waals surface area contributed by atoms with Gasteiger partial charge in [0.2, 0.25) is 0 Å². The first-order valence-corrected chi connectivity index (χ1v) is 12.4. The van der Waals surface area contributed by atoms with Gasteiger partial charge >= 0.3 is 5.97 Å². The van der Waals surface area contributed by atoms with E-state index in [2.05, 4.69) is 29.9 Å². The topological polar surface area (TPSA) is 85.1 Å². The largest absolute Gasteiger partial charge is 0.492 e. The third kappa shape index (κ3) is 7.92. The van der Waals surface area contributed by atoms with Gasteiger partial charge < -0.3 is 9.47 Å². The van der Waals surface area contributed by atoms with Gasteiger partial charge in [-0.2, -0.15) is 5.26 Å². The van der Waals surface area contributed by atoms with Crippen LogP contribution in [-0.4, -0.2) is 22.5 Å². The molecule has 1 aromatic heterocycles. The van der Waals surface area contributed by atoms with Crippen LogP contribution in [0.15, 0.2) is 54.9 Å². The number of esters is 1. The van der Waals surface area contributed by atoms with Crippen molar-refractivity contribution in [2.45, 2.75) is 65.2 Å². The molecule has 35 heavy (non-hydrogen) atoms. The molecule has 0 fully saturated rings. The summed E-state index contributed by atoms with van der Waals surface area (Å²) in [5.41, 5.74) is 2.60. The molecule has 0 atom stereocenters. The second kappa shape index (κ2) is 13.9. The summed E-state index contributed by atoms with van der Waals surface area (Å²) in [6, 6.07) is 14.0. The van der Waals surface area contributed by atoms with Gasteiger partial charge in [0.05, 0.1) is 17.7 Å². The molecule has 1 heterocycles. The minimum atomic E-state index is -0.531. The Hall–Kier alpha value is -3.72. The van der Waals surface area contributed by atoms with Gasteiger partial charge in [0.25, 0.3) is 0 Å². The molecule has 0 aliphatic heterocycles. The predicted molar refractivity (Wildman–Crippen MR) is 136 cm³/mol. The number of hydrogen-bond acceptors (Lipinski definition) is 6. The summed E-state index contributed by atoms with van der Waals surface area (Å²) < 4.78 is 11.2. The van der Waals surface area contributed by atoms with E-state index in [0.717, 1.165) is 43.2 Å². The monoisotopic (exact) mass is 471 g/mol. The maximum Gasteiger partial charge on any atom is 0.343 e. The Morgan fingerprint density at radius 2 is 1.63 bits per heavy atom. The summed E-state index contributed by atoms with van der Waals surface area (Å²) in [4.78, 5) is 21.6. The van der Waals surface area contributed by atoms with E-state index in [4.69, 9.17) is 9.47 Å². The van der Waals surface area contributed by atoms with Crippen LogP contribution in [-0.2, 0) is 6.42 Å². The van der Waals surface area contributed by atoms with Crippen LogP contribution >= 0.6 is 0 Å². The van der Waals surface area contributed by atoms with E-state index in [0.29, 0.717) is 35.1 Å². The number of hydrogen-bond donors (Lipinski definition) is 0. The van der Waals surface area contributed by atoms with Crippen molar-refractivity contribution in [2.24, 2.45) is 0 Å². The highest BCUT2D eigenvalue weighted by Crippen LogP contribution is 2.23. The number of benzene rings is 2. The van der Waals surface area contributed by atoms with Crippen molar-refractivity contribution in [3.05, 3.63) is 71.5 Å². The molecule has 0 aliphatic rings. The van der Waals surface area contributed by atoms with Gasteiger partial charge in [-0.25, -0.2) is 14.8 Å². The molecule has 0 amide bonds. The number of aromatic nitrogens is 2. The first-order valence-electron chi connectivity index (χ1n) is 12.4. The van der Waals surface area contributed by atoms with Crippen molar-refractivity contribution < 1.29 is 14.3 Å². The minimum Gasteiger partial charge on any atom is -0.492 e. The van der Waals surface area contributed by atoms with Gasteiger partial charge in [0.1, 0.15) is 17.6 Å². The zero-order chi connectivity index (χ0) is 24.9. The van der Waals surface area contributed by atoms with Crippen LogP contribution in [0.3, 0.4) is 0 Å². The van der Waals surface area contributed by atoms with E-state index >= 15 is 0 Å². The van der Waals surface area contributed by atoms with Gasteiger partial charge in [0, 0.05) is 18.0 Å². The Morgan fingerprint density at radius 1 is 0.914 bits per heavy atom. The molecule has 3 rings (SSSR count). The Labute approximate surface area is 208 Å². The minimum absolute atomic E-state index is 0.297. The number of unbranched alkanes of at least 4 members (excludes halogenated alkanes) is 5. The van der Waals surface area contributed by atoms with E-state index in [9.17, 15) is 10.1 Å². The van der Waals surface area contributed by atoms with Crippen LogP contribution in [0.4, 0.5) is 0 Å². The van der Waals surface area contributed by atoms with Crippen molar-refractivity contribution in [3.8, 4) is 29.0 Å². The zero-order valence-electron chi connectivity index (χ0n) is 20.6. The second-order valence-corrected chi connectivity index (χ2v) is 8.52. The molecule has 6 heteroatoms. The van der Waals surface area contributed by atoms with E-state index < -0.39 is 5.97 Å². The Bertz CT molecular complexity index is 1120. The van der Waals surface area contributed by atoms with E-state index in [1.165, 1.54) is 25.3 Å². The van der Waals surface area contributed by atoms with Gasteiger partial charge in [0.15, 0.2) is 5.82 Å². The number of nitrogens with zero attached hydrogens (tertiary/aromatic N) is 3. The van der Waals surface area contributed by atoms with Crippen molar-refractivity contribution in [2.75, 3.05) is 6.61 Å². The summed E-state index contributed by atoms with van der Waals surface area (Å²) in [6.45, 7) is 4.89. The highest BCUT2D eigenvalue weighted by molar-refractivity contribution is 5.91. The summed E-state index contributed by atoms with van der Waals surface area (Å²) in [5, 5.41) is 9.47. The predicted octanol–water partition coefficient (Wildman–Crippen LogP) is 6.93. The van der Waals surface area contributed by atoms with Crippen LogP contribution in [0.1, 0.15) is 80.3 Å². The van der Waals surface area contributed by atoms with Gasteiger partial charge in [-0.05, 0) is 67.3 Å². The molecule has 3 aromatic rings. The summed E-state index contributed by atoms with van der Waals surface area (Å²) in [7, 11) is 0. The fourth-order valence-electron chi connectivity index (χ4n) is 3.63. The lowest BCUT2D eigenvalue weighted by molar-refractivity contribution is 0.0734. The van der Waals surface area contributed by atoms with Gasteiger partial charge in [-0.1, -0.05) is 46.0 Å². The van der Waals surface area contributed by atoms with Crippen molar-refractivity contribution in [1.29, 1.82) is 5.26 Å². The average molecular weight is 472 g/mol. The lowest BCUT2D eigenvalue weighted by atomic mass is 10.1. The molecule has 0 bridgehead atoms. The molecular formula is C29H33N3O3. The van der Waals surface area contributed by atoms with Crippen molar-refractivity contribution in [1.82, 2.24) is 9.97 Å². The highest BCUT2D eigenvalue weighted by atomic mass is 16.5. The molecule has 0 N–H and O–H groups in total. The Morgan fingerprint density at radius 3 is 2.31 bits per heavy atom.